The molecule has 0 bridgehead atoms. The van der Waals surface area contributed by atoms with Gasteiger partial charge in [0.25, 0.3) is 0 Å². The van der Waals surface area contributed by atoms with E-state index in [2.05, 4.69) is 95.4 Å². The van der Waals surface area contributed by atoms with Crippen LogP contribution >= 0.6 is 22.7 Å². The minimum Gasteiger partial charge on any atom is -0.550 e. The van der Waals surface area contributed by atoms with Gasteiger partial charge < -0.3 is 72.2 Å². The number of esters is 3. The third-order valence-corrected chi connectivity index (χ3v) is 18.3. The molecule has 2 aromatic carbocycles. The number of carboxylic acids is 1. The Kier molecular flexibility index (Phi) is 40.6. The number of aliphatic hydroxyl groups is 1. The number of ether oxygens (including phenoxy) is 10. The van der Waals surface area contributed by atoms with Gasteiger partial charge in [-0.15, -0.1) is 22.7 Å². The maximum atomic E-state index is 12.2. The second-order valence-electron chi connectivity index (χ2n) is 23.6. The van der Waals surface area contributed by atoms with E-state index in [0.29, 0.717) is 167 Å². The van der Waals surface area contributed by atoms with Gasteiger partial charge in [0.05, 0.1) is 166 Å². The van der Waals surface area contributed by atoms with Crippen molar-refractivity contribution in [1.29, 1.82) is 5.26 Å². The molecule has 2 aliphatic carbocycles. The maximum absolute atomic E-state index is 12.2. The number of cyclic esters (lactones) is 2. The van der Waals surface area contributed by atoms with Crippen molar-refractivity contribution >= 4 is 95.7 Å². The van der Waals surface area contributed by atoms with Gasteiger partial charge in [-0.3, -0.25) is 14.4 Å². The summed E-state index contributed by atoms with van der Waals surface area (Å²) in [7, 11) is 0. The Morgan fingerprint density at radius 3 is 1.37 bits per heavy atom. The van der Waals surface area contributed by atoms with E-state index in [-0.39, 0.29) is 85.2 Å². The van der Waals surface area contributed by atoms with Gasteiger partial charge in [-0.2, -0.15) is 25.7 Å². The van der Waals surface area contributed by atoms with Crippen molar-refractivity contribution in [3.05, 3.63) is 97.8 Å². The third-order valence-electron chi connectivity index (χ3n) is 16.2. The second kappa shape index (κ2) is 47.4. The number of nitrogens with zero attached hydrogens (tertiary/aromatic N) is 10. The van der Waals surface area contributed by atoms with Gasteiger partial charge in [0.15, 0.2) is 0 Å². The molecule has 0 amide bonds. The topological polar surface area (TPSA) is 297 Å². The van der Waals surface area contributed by atoms with Gasteiger partial charge in [-0.05, 0) is 133 Å². The molecule has 2 saturated carbocycles. The molecule has 2 aromatic heterocycles. The summed E-state index contributed by atoms with van der Waals surface area (Å²) in [4.78, 5) is 60.9. The molecule has 4 aromatic rings. The van der Waals surface area contributed by atoms with Gasteiger partial charge in [0.1, 0.15) is 22.7 Å². The zero-order valence-electron chi connectivity index (χ0n) is 58.6. The van der Waals surface area contributed by atoms with Crippen LogP contribution in [-0.4, -0.2) is 173 Å². The van der Waals surface area contributed by atoms with Gasteiger partial charge in [-0.25, -0.2) is 14.5 Å². The molecule has 4 unspecified atom stereocenters. The zero-order chi connectivity index (χ0) is 71.2. The summed E-state index contributed by atoms with van der Waals surface area (Å²) in [6, 6.07) is 14.6. The van der Waals surface area contributed by atoms with Gasteiger partial charge in [0, 0.05) is 48.4 Å². The number of azo groups is 2. The molecular weight excluding hydrogens is 1320 g/mol. The molecule has 3 aliphatic rings. The molecule has 29 heteroatoms. The number of carbonyl (C=O) groups is 4. The first-order chi connectivity index (χ1) is 47.4. The predicted molar refractivity (Wildman–Crippen MR) is 369 cm³/mol. The van der Waals surface area contributed by atoms with Crippen molar-refractivity contribution in [1.82, 2.24) is 0 Å². The van der Waals surface area contributed by atoms with E-state index < -0.39 is 23.8 Å². The largest absolute Gasteiger partial charge is 1.00 e. The molecule has 1 aliphatic heterocycles. The normalized spacial score (nSPS) is 16.4. The minimum atomic E-state index is -1.18. The number of fused-ring (bicyclic) bond motifs is 1. The van der Waals surface area contributed by atoms with Crippen LogP contribution in [0.25, 0.3) is 14.5 Å². The Morgan fingerprint density at radius 2 is 0.980 bits per heavy atom. The number of hydrogen-bond acceptors (Lipinski definition) is 25. The summed E-state index contributed by atoms with van der Waals surface area (Å²) in [6.45, 7) is 46.6. The third kappa shape index (κ3) is 28.3. The van der Waals surface area contributed by atoms with E-state index in [1.54, 1.807) is 13.8 Å². The van der Waals surface area contributed by atoms with E-state index >= 15 is 0 Å². The number of rotatable bonds is 39. The van der Waals surface area contributed by atoms with E-state index in [9.17, 15) is 29.5 Å². The first-order valence-electron chi connectivity index (χ1n) is 33.1. The van der Waals surface area contributed by atoms with Crippen LogP contribution in [0.4, 0.5) is 49.1 Å². The quantitative estimate of drug-likeness (QED) is 0.0108. The number of nitriles is 1. The smallest absolute Gasteiger partial charge is 0.550 e. The van der Waals surface area contributed by atoms with Gasteiger partial charge in [-0.1, -0.05) is 32.6 Å². The molecule has 532 valence electrons. The van der Waals surface area contributed by atoms with Crippen LogP contribution in [0.5, 0.6) is 0 Å². The fourth-order valence-corrected chi connectivity index (χ4v) is 12.6. The molecule has 3 fully saturated rings. The molecule has 0 spiro atoms. The van der Waals surface area contributed by atoms with E-state index in [1.165, 1.54) is 22.7 Å². The Morgan fingerprint density at radius 1 is 0.586 bits per heavy atom. The molecule has 1 saturated heterocycles. The van der Waals surface area contributed by atoms with E-state index in [0.717, 1.165) is 73.3 Å². The average Bonchev–Trinajstić information content (AvgIpc) is 1.83. The van der Waals surface area contributed by atoms with Crippen LogP contribution in [0.15, 0.2) is 56.9 Å². The van der Waals surface area contributed by atoms with Gasteiger partial charge in [0.2, 0.25) is 16.4 Å². The number of anilines is 2. The molecule has 7 rings (SSSR count). The van der Waals surface area contributed by atoms with Crippen LogP contribution < -0.4 is 44.5 Å². The summed E-state index contributed by atoms with van der Waals surface area (Å²) in [5.41, 5.74) is 7.50. The molecule has 3 heterocycles. The summed E-state index contributed by atoms with van der Waals surface area (Å²) >= 11 is 2.37. The summed E-state index contributed by atoms with van der Waals surface area (Å²) < 4.78 is 53.8. The van der Waals surface area contributed by atoms with Crippen molar-refractivity contribution < 1.29 is 106 Å². The van der Waals surface area contributed by atoms with E-state index in [4.69, 9.17) is 67.5 Å². The maximum Gasteiger partial charge on any atom is 1.00 e. The van der Waals surface area contributed by atoms with Crippen LogP contribution in [0.2, 0.25) is 0 Å². The summed E-state index contributed by atoms with van der Waals surface area (Å²) in [6.07, 6.45) is 6.37. The van der Waals surface area contributed by atoms with Gasteiger partial charge >= 0.3 is 47.5 Å². The Hall–Kier alpha value is -6.68. The standard InChI is InChI=1S/C35H47N5O8S.C27H37N5O5S.C8H10O3.Na/c1-24(2)40(27-10-11-30(25(3)22-27)38-39-33-32(37-5)26(4)31(23-36)49-33)12-13-44-14-15-45-16-17-46-18-19-47-20-21-48-35(43)29-9-7-6-8-28(29)34(41)42;1-20(2)32(9-11-34-13-15-36-17-18-37-16-14-35-12-10-33)23-7-8-24(21(3)19-23)30-31-27-25(28-5)22(4)26(29-6)38-27;9-7-5-3-1-2-4-6(5)8(10)11-7;/h10-11,22,24,28-29H,6-9,12-21H2,1-4H3,(H,41,42);7-8,19-20,33H,9-18H2,1-4H3;5-6H,1-4H2;/q;;;+1/p-1. The Labute approximate surface area is 612 Å². The van der Waals surface area contributed by atoms with Crippen molar-refractivity contribution in [3.8, 4) is 6.07 Å². The summed E-state index contributed by atoms with van der Waals surface area (Å²) in [5, 5.41) is 47.8. The Balaban J connectivity index is 0.000000366. The fraction of sp³-hybridized carbons (Fsp3) is 0.600. The molecular formula is C70H93N10NaO16S2. The molecule has 4 atom stereocenters. The summed E-state index contributed by atoms with van der Waals surface area (Å²) in [5.74, 6) is -3.86. The predicted octanol–water partition coefficient (Wildman–Crippen LogP) is 9.62. The molecule has 99 heavy (non-hydrogen) atoms. The number of hydrogen-bond donors (Lipinski definition) is 1. The van der Waals surface area contributed by atoms with Crippen molar-refractivity contribution in [2.75, 3.05) is 142 Å². The zero-order valence-corrected chi connectivity index (χ0v) is 62.2. The Bertz CT molecular complexity index is 3390. The second-order valence-corrected chi connectivity index (χ2v) is 25.6. The minimum absolute atomic E-state index is 0. The van der Waals surface area contributed by atoms with Crippen molar-refractivity contribution in [3.63, 3.8) is 0 Å². The van der Waals surface area contributed by atoms with E-state index in [1.807, 2.05) is 38.1 Å². The number of aryl methyl sites for hydroxylation is 2. The number of benzene rings is 2. The number of carboxylic acid groups (broad SMARTS) is 1. The number of thiophene rings is 2. The monoisotopic (exact) mass is 1420 g/mol. The van der Waals surface area contributed by atoms with Crippen LogP contribution in [0.3, 0.4) is 0 Å². The molecule has 1 N–H and O–H groups in total. The first-order valence-corrected chi connectivity index (χ1v) is 34.8. The average molecular weight is 1420 g/mol. The van der Waals surface area contributed by atoms with Crippen molar-refractivity contribution in [2.24, 2.45) is 44.1 Å². The molecule has 26 nitrogen and oxygen atoms in total. The van der Waals surface area contributed by atoms with Crippen molar-refractivity contribution in [2.45, 2.75) is 119 Å². The van der Waals surface area contributed by atoms with Crippen LogP contribution in [0.1, 0.15) is 106 Å². The van der Waals surface area contributed by atoms with Crippen LogP contribution in [-0.2, 0) is 66.5 Å². The van der Waals surface area contributed by atoms with Crippen LogP contribution in [0, 0.1) is 82.4 Å². The SMILES string of the molecule is O=C1OC(=O)C2CCCCC12.[C-]#[N+]c1c(N=Nc2ccc(N(CCOCCOCCOCCOCCOC(=O)C3CCCCC3C(=O)[O-])C(C)C)cc2C)sc(C#N)c1C.[C-]#[N+]c1sc(N=Nc2ccc(N(CCOCCOCCOCCOCCO)C(C)C)cc2C)c([N+]#[C-])c1C.[Na+]. The first kappa shape index (κ1) is 84.7. The molecule has 0 radical (unpaired) electrons. The fourth-order valence-electron chi connectivity index (χ4n) is 10.9. The number of aliphatic hydroxyl groups excluding tert-OH is 1. The number of aliphatic carboxylic acids is 1. The number of carbonyl (C=O) groups excluding carboxylic acids is 4.